The molecule has 0 aromatic rings. The van der Waals surface area contributed by atoms with Crippen LogP contribution in [0.2, 0.25) is 0 Å². The lowest BCUT2D eigenvalue weighted by Crippen LogP contribution is -2.57. The second kappa shape index (κ2) is 11.0. The fourth-order valence-electron chi connectivity index (χ4n) is 4.57. The highest BCUT2D eigenvalue weighted by Gasteiger charge is 2.62. The van der Waals surface area contributed by atoms with Crippen LogP contribution in [0.4, 0.5) is 0 Å². The number of carboxylic acids is 2. The molecule has 0 bridgehead atoms. The van der Waals surface area contributed by atoms with E-state index < -0.39 is 22.8 Å². The number of hydrogen-bond donors (Lipinski definition) is 4. The minimum atomic E-state index is -1.82. The molecule has 0 amide bonds. The Bertz CT molecular complexity index is 716. The van der Waals surface area contributed by atoms with Crippen molar-refractivity contribution in [2.75, 3.05) is 65.8 Å². The molecule has 4 saturated heterocycles. The van der Waals surface area contributed by atoms with Gasteiger partial charge in [-0.1, -0.05) is 0 Å². The third-order valence-corrected chi connectivity index (χ3v) is 7.37. The molecule has 12 heteroatoms. The summed E-state index contributed by atoms with van der Waals surface area (Å²) in [5, 5.41) is 21.3. The van der Waals surface area contributed by atoms with Crippen LogP contribution in [0, 0.1) is 21.7 Å². The minimum Gasteiger partial charge on any atom is -0.473 e. The Hall–Kier alpha value is -2.28. The number of carboxylic acid groups (broad SMARTS) is 2. The summed E-state index contributed by atoms with van der Waals surface area (Å²) in [5.74, 6) is -3.83. The Morgan fingerprint density at radius 2 is 1.03 bits per heavy atom. The lowest BCUT2D eigenvalue weighted by atomic mass is 9.65. The van der Waals surface area contributed by atoms with E-state index in [1.54, 1.807) is 0 Å². The van der Waals surface area contributed by atoms with Crippen LogP contribution < -0.4 is 10.6 Å². The number of esters is 2. The first kappa shape index (κ1) is 28.0. The molecule has 34 heavy (non-hydrogen) atoms. The van der Waals surface area contributed by atoms with Gasteiger partial charge in [-0.3, -0.25) is 9.59 Å². The molecule has 4 aliphatic rings. The molecule has 4 rings (SSSR count). The highest BCUT2D eigenvalue weighted by atomic mass is 16.5. The van der Waals surface area contributed by atoms with Crippen LogP contribution in [0.25, 0.3) is 0 Å². The maximum Gasteiger partial charge on any atom is 0.414 e. The molecule has 2 spiro atoms. The maximum absolute atomic E-state index is 11.9. The summed E-state index contributed by atoms with van der Waals surface area (Å²) in [6.45, 7) is 14.4. The van der Waals surface area contributed by atoms with E-state index in [1.165, 1.54) is 0 Å². The van der Waals surface area contributed by atoms with Crippen molar-refractivity contribution in [2.24, 2.45) is 21.7 Å². The first-order valence-electron chi connectivity index (χ1n) is 11.3. The Labute approximate surface area is 198 Å². The molecular weight excluding hydrogens is 452 g/mol. The monoisotopic (exact) mass is 488 g/mol. The van der Waals surface area contributed by atoms with Gasteiger partial charge >= 0.3 is 23.9 Å². The average molecular weight is 489 g/mol. The van der Waals surface area contributed by atoms with Crippen molar-refractivity contribution in [1.29, 1.82) is 0 Å². The molecule has 4 fully saturated rings. The van der Waals surface area contributed by atoms with Gasteiger partial charge < -0.3 is 39.8 Å². The molecule has 4 heterocycles. The van der Waals surface area contributed by atoms with Crippen LogP contribution in [-0.2, 0) is 38.1 Å². The maximum atomic E-state index is 11.9. The van der Waals surface area contributed by atoms with E-state index in [0.29, 0.717) is 52.7 Å². The standard InChI is InChI=1S/2C10H17NO3.C2H2O4/c2*1-3-14-8(12)9(2)4-11-5-10(9)6-13-7-10;3-1(4)2(5)6/h2*11H,3-7H2,1-2H3;(H,3,4)(H,5,6). The molecule has 194 valence electrons. The van der Waals surface area contributed by atoms with Crippen molar-refractivity contribution in [2.45, 2.75) is 27.7 Å². The Morgan fingerprint density at radius 3 is 1.24 bits per heavy atom. The SMILES string of the molecule is CCOC(=O)C1(C)CNCC12COC2.CCOC(=O)C1(C)CNCC12COC2.O=C(O)C(=O)O. The molecule has 0 radical (unpaired) electrons. The van der Waals surface area contributed by atoms with E-state index in [0.717, 1.165) is 13.1 Å². The van der Waals surface area contributed by atoms with Crippen molar-refractivity contribution in [3.05, 3.63) is 0 Å². The fraction of sp³-hybridized carbons (Fsp3) is 0.818. The van der Waals surface area contributed by atoms with Gasteiger partial charge in [0.25, 0.3) is 0 Å². The lowest BCUT2D eigenvalue weighted by molar-refractivity contribution is -0.189. The zero-order chi connectivity index (χ0) is 25.6. The summed E-state index contributed by atoms with van der Waals surface area (Å²) in [7, 11) is 0. The van der Waals surface area contributed by atoms with Gasteiger partial charge in [0, 0.05) is 37.0 Å². The molecule has 0 aromatic carbocycles. The molecular formula is C22H36N2O10. The number of ether oxygens (including phenoxy) is 4. The Balaban J connectivity index is 0.000000196. The van der Waals surface area contributed by atoms with Gasteiger partial charge in [0.15, 0.2) is 0 Å². The van der Waals surface area contributed by atoms with Crippen molar-refractivity contribution >= 4 is 23.9 Å². The third-order valence-electron chi connectivity index (χ3n) is 7.37. The number of hydrogen-bond acceptors (Lipinski definition) is 10. The summed E-state index contributed by atoms with van der Waals surface area (Å²) < 4.78 is 20.7. The molecule has 0 saturated carbocycles. The van der Waals surface area contributed by atoms with Gasteiger partial charge in [-0.25, -0.2) is 9.59 Å². The Morgan fingerprint density at radius 1 is 0.706 bits per heavy atom. The summed E-state index contributed by atoms with van der Waals surface area (Å²) >= 11 is 0. The van der Waals surface area contributed by atoms with Crippen molar-refractivity contribution in [1.82, 2.24) is 10.6 Å². The third kappa shape index (κ3) is 5.04. The zero-order valence-corrected chi connectivity index (χ0v) is 20.2. The molecule has 12 nitrogen and oxygen atoms in total. The molecule has 0 aromatic heterocycles. The summed E-state index contributed by atoms with van der Waals surface area (Å²) in [6.07, 6.45) is 0. The second-order valence-corrected chi connectivity index (χ2v) is 9.47. The van der Waals surface area contributed by atoms with Crippen LogP contribution in [0.3, 0.4) is 0 Å². The minimum absolute atomic E-state index is 0.0146. The van der Waals surface area contributed by atoms with E-state index >= 15 is 0 Å². The normalized spacial score (nSPS) is 29.4. The second-order valence-electron chi connectivity index (χ2n) is 9.47. The highest BCUT2D eigenvalue weighted by molar-refractivity contribution is 6.27. The predicted octanol–water partition coefficient (Wildman–Crippen LogP) is -0.493. The van der Waals surface area contributed by atoms with Crippen LogP contribution in [0.5, 0.6) is 0 Å². The smallest absolute Gasteiger partial charge is 0.414 e. The van der Waals surface area contributed by atoms with Crippen LogP contribution in [-0.4, -0.2) is 99.9 Å². The van der Waals surface area contributed by atoms with Gasteiger partial charge in [-0.05, 0) is 27.7 Å². The van der Waals surface area contributed by atoms with Gasteiger partial charge in [-0.15, -0.1) is 0 Å². The quantitative estimate of drug-likeness (QED) is 0.296. The summed E-state index contributed by atoms with van der Waals surface area (Å²) in [4.78, 5) is 41.9. The van der Waals surface area contributed by atoms with Crippen molar-refractivity contribution in [3.63, 3.8) is 0 Å². The topological polar surface area (TPSA) is 170 Å². The van der Waals surface area contributed by atoms with Crippen LogP contribution in [0.15, 0.2) is 0 Å². The van der Waals surface area contributed by atoms with Gasteiger partial charge in [0.2, 0.25) is 0 Å². The van der Waals surface area contributed by atoms with E-state index in [-0.39, 0.29) is 22.8 Å². The molecule has 2 atom stereocenters. The molecule has 4 N–H and O–H groups in total. The van der Waals surface area contributed by atoms with Crippen molar-refractivity contribution in [3.8, 4) is 0 Å². The fourth-order valence-corrected chi connectivity index (χ4v) is 4.57. The first-order chi connectivity index (χ1) is 15.9. The largest absolute Gasteiger partial charge is 0.473 e. The first-order valence-corrected chi connectivity index (χ1v) is 11.3. The number of rotatable bonds is 4. The summed E-state index contributed by atoms with van der Waals surface area (Å²) in [5.41, 5.74) is -0.832. The van der Waals surface area contributed by atoms with E-state index in [1.807, 2.05) is 27.7 Å². The zero-order valence-electron chi connectivity index (χ0n) is 20.2. The molecule has 0 aliphatic carbocycles. The van der Waals surface area contributed by atoms with Crippen LogP contribution in [0.1, 0.15) is 27.7 Å². The lowest BCUT2D eigenvalue weighted by Gasteiger charge is -2.46. The molecule has 2 unspecified atom stereocenters. The van der Waals surface area contributed by atoms with Gasteiger partial charge in [0.1, 0.15) is 0 Å². The van der Waals surface area contributed by atoms with Crippen molar-refractivity contribution < 1.29 is 48.3 Å². The average Bonchev–Trinajstić information content (AvgIpc) is 3.28. The van der Waals surface area contributed by atoms with E-state index in [2.05, 4.69) is 10.6 Å². The number of carbonyl (C=O) groups is 4. The van der Waals surface area contributed by atoms with E-state index in [9.17, 15) is 9.59 Å². The predicted molar refractivity (Wildman–Crippen MR) is 117 cm³/mol. The summed E-state index contributed by atoms with van der Waals surface area (Å²) in [6, 6.07) is 0. The van der Waals surface area contributed by atoms with E-state index in [4.69, 9.17) is 38.7 Å². The Kier molecular flexibility index (Phi) is 9.03. The molecule has 4 aliphatic heterocycles. The number of nitrogens with one attached hydrogen (secondary N) is 2. The van der Waals surface area contributed by atoms with Gasteiger partial charge in [-0.2, -0.15) is 0 Å². The highest BCUT2D eigenvalue weighted by Crippen LogP contribution is 2.49. The van der Waals surface area contributed by atoms with Crippen LogP contribution >= 0.6 is 0 Å². The number of aliphatic carboxylic acids is 2. The van der Waals surface area contributed by atoms with Gasteiger partial charge in [0.05, 0.1) is 50.5 Å². The number of carbonyl (C=O) groups excluding carboxylic acids is 2.